The molecule has 2 aliphatic heterocycles. The van der Waals surface area contributed by atoms with Crippen LogP contribution in [0, 0.1) is 5.92 Å². The molecule has 3 amide bonds. The molecule has 3 atom stereocenters. The van der Waals surface area contributed by atoms with Crippen molar-refractivity contribution in [1.82, 2.24) is 19.3 Å². The molecule has 7 heteroatoms. The Kier molecular flexibility index (Phi) is 6.41. The van der Waals surface area contributed by atoms with Gasteiger partial charge in [0.15, 0.2) is 0 Å². The van der Waals surface area contributed by atoms with E-state index in [4.69, 9.17) is 0 Å². The average molecular weight is 500 g/mol. The van der Waals surface area contributed by atoms with Crippen LogP contribution in [0.3, 0.4) is 0 Å². The maximum absolute atomic E-state index is 13.7. The van der Waals surface area contributed by atoms with Crippen LogP contribution in [0.15, 0.2) is 60.3 Å². The molecule has 194 valence electrons. The molecule has 6 rings (SSSR count). The molecule has 4 aliphatic rings. The van der Waals surface area contributed by atoms with E-state index in [1.807, 2.05) is 40.1 Å². The van der Waals surface area contributed by atoms with Gasteiger partial charge in [0, 0.05) is 62.6 Å². The van der Waals surface area contributed by atoms with Crippen LogP contribution in [0.25, 0.3) is 0 Å². The Labute approximate surface area is 219 Å². The number of urea groups is 1. The molecule has 0 bridgehead atoms. The standard InChI is InChI=1S/C30H37N5O2/c1-32(2)15-16-34-19-21-18-27-25(24-11-8-12-26(34)28(21)24)17-22(29(36)33-13-6-7-14-33)20-35(27)30(37)31-23-9-4-3-5-10-23/h3-5,8-11,17,19,22,24,27H,6-7,12-16,18,20H2,1-2H3,(H,31,37)/t22-,24?,27-/m1/s1. The minimum atomic E-state index is -0.304. The monoisotopic (exact) mass is 499 g/mol. The van der Waals surface area contributed by atoms with Crippen molar-refractivity contribution in [2.24, 2.45) is 5.92 Å². The highest BCUT2D eigenvalue weighted by atomic mass is 16.2. The smallest absolute Gasteiger partial charge is 0.322 e. The third kappa shape index (κ3) is 4.50. The molecule has 1 saturated heterocycles. The molecule has 2 aromatic rings. The largest absolute Gasteiger partial charge is 0.349 e. The van der Waals surface area contributed by atoms with Crippen LogP contribution in [0.1, 0.15) is 35.6 Å². The summed E-state index contributed by atoms with van der Waals surface area (Å²) in [6, 6.07) is 9.43. The van der Waals surface area contributed by atoms with Crippen molar-refractivity contribution in [1.29, 1.82) is 0 Å². The summed E-state index contributed by atoms with van der Waals surface area (Å²) in [5.74, 6) is -0.0170. The van der Waals surface area contributed by atoms with Gasteiger partial charge in [0.2, 0.25) is 5.91 Å². The second kappa shape index (κ2) is 9.86. The number of amides is 3. The molecule has 1 aromatic heterocycles. The fourth-order valence-electron chi connectivity index (χ4n) is 6.57. The first-order valence-electron chi connectivity index (χ1n) is 13.6. The lowest BCUT2D eigenvalue weighted by molar-refractivity contribution is -0.133. The van der Waals surface area contributed by atoms with Crippen LogP contribution in [-0.4, -0.2) is 77.5 Å². The van der Waals surface area contributed by atoms with Crippen LogP contribution < -0.4 is 5.32 Å². The van der Waals surface area contributed by atoms with Gasteiger partial charge in [0.25, 0.3) is 0 Å². The number of allylic oxidation sites excluding steroid dienone is 2. The van der Waals surface area contributed by atoms with E-state index in [2.05, 4.69) is 53.3 Å². The number of likely N-dealkylation sites (N-methyl/N-ethyl adjacent to an activating group) is 1. The van der Waals surface area contributed by atoms with Crippen LogP contribution in [-0.2, 0) is 24.2 Å². The third-order valence-corrected chi connectivity index (χ3v) is 8.40. The molecule has 1 fully saturated rings. The molecule has 3 heterocycles. The molecule has 7 nitrogen and oxygen atoms in total. The number of carbonyl (C=O) groups excluding carboxylic acids is 2. The highest BCUT2D eigenvalue weighted by Crippen LogP contribution is 2.46. The Morgan fingerprint density at radius 3 is 2.65 bits per heavy atom. The predicted molar refractivity (Wildman–Crippen MR) is 146 cm³/mol. The summed E-state index contributed by atoms with van der Waals surface area (Å²) in [5.41, 5.74) is 6.12. The molecule has 1 N–H and O–H groups in total. The van der Waals surface area contributed by atoms with E-state index in [-0.39, 0.29) is 29.8 Å². The summed E-state index contributed by atoms with van der Waals surface area (Å²) in [6.07, 6.45) is 13.0. The second-order valence-corrected chi connectivity index (χ2v) is 11.1. The molecule has 0 spiro atoms. The highest BCUT2D eigenvalue weighted by molar-refractivity contribution is 5.91. The quantitative estimate of drug-likeness (QED) is 0.635. The number of anilines is 1. The van der Waals surface area contributed by atoms with Gasteiger partial charge >= 0.3 is 6.03 Å². The van der Waals surface area contributed by atoms with Gasteiger partial charge in [-0.1, -0.05) is 36.4 Å². The molecule has 2 aliphatic carbocycles. The SMILES string of the molecule is CN(C)CCn1cc2c3c1CC=CC3C1=C[C@@H](C(=O)N3CCCC3)CN(C(=O)Nc3ccccc3)[C@@H]1C2. The van der Waals surface area contributed by atoms with Gasteiger partial charge in [-0.3, -0.25) is 4.79 Å². The summed E-state index contributed by atoms with van der Waals surface area (Å²) < 4.78 is 2.42. The van der Waals surface area contributed by atoms with E-state index in [0.717, 1.165) is 57.5 Å². The van der Waals surface area contributed by atoms with Crippen molar-refractivity contribution in [3.05, 3.63) is 77.2 Å². The zero-order chi connectivity index (χ0) is 25.5. The lowest BCUT2D eigenvalue weighted by Gasteiger charge is -2.45. The van der Waals surface area contributed by atoms with Crippen LogP contribution in [0.2, 0.25) is 0 Å². The zero-order valence-electron chi connectivity index (χ0n) is 21.9. The van der Waals surface area contributed by atoms with Gasteiger partial charge in [-0.2, -0.15) is 0 Å². The van der Waals surface area contributed by atoms with Crippen molar-refractivity contribution in [2.75, 3.05) is 45.6 Å². The Hall–Kier alpha value is -3.32. The minimum absolute atomic E-state index is 0.0517. The number of nitrogens with zero attached hydrogens (tertiary/aromatic N) is 4. The van der Waals surface area contributed by atoms with E-state index in [1.54, 1.807) is 0 Å². The summed E-state index contributed by atoms with van der Waals surface area (Å²) in [5, 5.41) is 3.10. The van der Waals surface area contributed by atoms with E-state index < -0.39 is 0 Å². The zero-order valence-corrected chi connectivity index (χ0v) is 21.9. The van der Waals surface area contributed by atoms with Gasteiger partial charge in [0.1, 0.15) is 0 Å². The van der Waals surface area contributed by atoms with Crippen LogP contribution in [0.4, 0.5) is 10.5 Å². The summed E-state index contributed by atoms with van der Waals surface area (Å²) in [6.45, 7) is 4.00. The third-order valence-electron chi connectivity index (χ3n) is 8.40. The first-order chi connectivity index (χ1) is 18.0. The van der Waals surface area contributed by atoms with Crippen molar-refractivity contribution in [3.8, 4) is 0 Å². The molecular weight excluding hydrogens is 462 g/mol. The van der Waals surface area contributed by atoms with Gasteiger partial charge in [-0.25, -0.2) is 4.79 Å². The topological polar surface area (TPSA) is 60.8 Å². The lowest BCUT2D eigenvalue weighted by Crippen LogP contribution is -2.54. The number of carbonyl (C=O) groups is 2. The number of aromatic nitrogens is 1. The number of hydrogen-bond acceptors (Lipinski definition) is 3. The van der Waals surface area contributed by atoms with Crippen molar-refractivity contribution in [3.63, 3.8) is 0 Å². The Balaban J connectivity index is 1.37. The van der Waals surface area contributed by atoms with E-state index in [1.165, 1.54) is 22.4 Å². The minimum Gasteiger partial charge on any atom is -0.349 e. The van der Waals surface area contributed by atoms with E-state index >= 15 is 0 Å². The predicted octanol–water partition coefficient (Wildman–Crippen LogP) is 3.88. The molecular formula is C30H37N5O2. The normalized spacial score (nSPS) is 24.1. The van der Waals surface area contributed by atoms with Crippen molar-refractivity contribution < 1.29 is 9.59 Å². The number of para-hydroxylation sites is 1. The summed E-state index contributed by atoms with van der Waals surface area (Å²) in [4.78, 5) is 33.4. The van der Waals surface area contributed by atoms with Gasteiger partial charge in [-0.15, -0.1) is 0 Å². The summed E-state index contributed by atoms with van der Waals surface area (Å²) >= 11 is 0. The fourth-order valence-corrected chi connectivity index (χ4v) is 6.57. The Morgan fingerprint density at radius 2 is 1.89 bits per heavy atom. The highest BCUT2D eigenvalue weighted by Gasteiger charge is 2.44. The lowest BCUT2D eigenvalue weighted by atomic mass is 9.71. The number of nitrogens with one attached hydrogen (secondary N) is 1. The average Bonchev–Trinajstić information content (AvgIpc) is 3.57. The second-order valence-electron chi connectivity index (χ2n) is 11.1. The Morgan fingerprint density at radius 1 is 1.11 bits per heavy atom. The van der Waals surface area contributed by atoms with Crippen molar-refractivity contribution >= 4 is 17.6 Å². The molecule has 1 unspecified atom stereocenters. The first-order valence-corrected chi connectivity index (χ1v) is 13.6. The van der Waals surface area contributed by atoms with Crippen molar-refractivity contribution in [2.45, 2.75) is 44.2 Å². The summed E-state index contributed by atoms with van der Waals surface area (Å²) in [7, 11) is 4.22. The van der Waals surface area contributed by atoms with Crippen LogP contribution in [0.5, 0.6) is 0 Å². The van der Waals surface area contributed by atoms with Gasteiger partial charge in [0.05, 0.1) is 12.0 Å². The maximum atomic E-state index is 13.7. The molecule has 37 heavy (non-hydrogen) atoms. The van der Waals surface area contributed by atoms with Crippen LogP contribution >= 0.6 is 0 Å². The number of fused-ring (bicyclic) bond motifs is 2. The maximum Gasteiger partial charge on any atom is 0.322 e. The van der Waals surface area contributed by atoms with Gasteiger partial charge < -0.3 is 24.6 Å². The number of rotatable bonds is 5. The first kappa shape index (κ1) is 24.0. The Bertz CT molecular complexity index is 1240. The molecule has 1 aromatic carbocycles. The molecule has 0 saturated carbocycles. The number of benzene rings is 1. The number of hydrogen-bond donors (Lipinski definition) is 1. The molecule has 0 radical (unpaired) electrons. The number of likely N-dealkylation sites (tertiary alicyclic amines) is 1. The van der Waals surface area contributed by atoms with E-state index in [0.29, 0.717) is 6.54 Å². The van der Waals surface area contributed by atoms with E-state index in [9.17, 15) is 9.59 Å². The van der Waals surface area contributed by atoms with Gasteiger partial charge in [-0.05, 0) is 62.2 Å². The fraction of sp³-hybridized carbons (Fsp3) is 0.467.